The van der Waals surface area contributed by atoms with Crippen LogP contribution < -0.4 is 5.32 Å². The van der Waals surface area contributed by atoms with E-state index in [1.807, 2.05) is 45.0 Å². The van der Waals surface area contributed by atoms with Gasteiger partial charge in [-0.2, -0.15) is 0 Å². The van der Waals surface area contributed by atoms with Crippen LogP contribution in [0.4, 0.5) is 10.5 Å². The smallest absolute Gasteiger partial charge is 0.412 e. The lowest BCUT2D eigenvalue weighted by Gasteiger charge is -2.56. The summed E-state index contributed by atoms with van der Waals surface area (Å²) in [5.41, 5.74) is -2.33. The molecule has 2 aromatic carbocycles. The van der Waals surface area contributed by atoms with Crippen molar-refractivity contribution < 1.29 is 34.4 Å². The summed E-state index contributed by atoms with van der Waals surface area (Å²) in [6.45, 7) is 15.4. The molecule has 5 unspecified atom stereocenters. The van der Waals surface area contributed by atoms with Gasteiger partial charge in [0.1, 0.15) is 28.7 Å². The third-order valence-electron chi connectivity index (χ3n) is 10.1. The standard InChI is InChI=1S/C33H41NO7/c1-19-18-32(38)31(7)25(17-24(30(31,5)6)33(32,39)22-13-9-8-12-21(19)22)40-26(35)16-15-20-11-10-14-23(27(20)36)34-28(37)41-29(2,3)4/h8-14,24-25,36,38-39H,1,15-18H2,2-7H3,(H,34,37). The molecule has 2 aromatic rings. The van der Waals surface area contributed by atoms with Crippen LogP contribution in [-0.2, 0) is 26.3 Å². The highest BCUT2D eigenvalue weighted by atomic mass is 16.6. The first kappa shape index (κ1) is 29.1. The van der Waals surface area contributed by atoms with Crippen LogP contribution in [0.5, 0.6) is 5.75 Å². The summed E-state index contributed by atoms with van der Waals surface area (Å²) >= 11 is 0. The summed E-state index contributed by atoms with van der Waals surface area (Å²) < 4.78 is 11.3. The molecule has 5 atom stereocenters. The number of carbonyl (C=O) groups is 2. The van der Waals surface area contributed by atoms with Crippen LogP contribution in [0.15, 0.2) is 49.0 Å². The first-order valence-corrected chi connectivity index (χ1v) is 14.2. The summed E-state index contributed by atoms with van der Waals surface area (Å²) in [7, 11) is 0. The largest absolute Gasteiger partial charge is 0.505 e. The highest BCUT2D eigenvalue weighted by Crippen LogP contribution is 2.79. The molecule has 5 rings (SSSR count). The highest BCUT2D eigenvalue weighted by Gasteiger charge is 2.84. The van der Waals surface area contributed by atoms with Crippen molar-refractivity contribution in [3.8, 4) is 5.75 Å². The number of esters is 1. The third kappa shape index (κ3) is 4.09. The number of amides is 1. The fourth-order valence-corrected chi connectivity index (χ4v) is 7.88. The quantitative estimate of drug-likeness (QED) is 0.272. The number of ether oxygens (including phenoxy) is 2. The van der Waals surface area contributed by atoms with Gasteiger partial charge in [0.25, 0.3) is 0 Å². The van der Waals surface area contributed by atoms with Crippen molar-refractivity contribution >= 4 is 23.3 Å². The average Bonchev–Trinajstić information content (AvgIpc) is 3.13. The maximum absolute atomic E-state index is 13.2. The van der Waals surface area contributed by atoms with Gasteiger partial charge in [-0.3, -0.25) is 10.1 Å². The van der Waals surface area contributed by atoms with Crippen LogP contribution in [0.25, 0.3) is 5.57 Å². The summed E-state index contributed by atoms with van der Waals surface area (Å²) in [6, 6.07) is 12.5. The second-order valence-electron chi connectivity index (χ2n) is 13.6. The Balaban J connectivity index is 1.33. The molecule has 8 heteroatoms. The van der Waals surface area contributed by atoms with Crippen LogP contribution in [0.3, 0.4) is 0 Å². The number of hydrogen-bond donors (Lipinski definition) is 4. The summed E-state index contributed by atoms with van der Waals surface area (Å²) in [6.07, 6.45) is -0.552. The van der Waals surface area contributed by atoms with Gasteiger partial charge >= 0.3 is 12.1 Å². The van der Waals surface area contributed by atoms with E-state index >= 15 is 0 Å². The monoisotopic (exact) mass is 563 g/mol. The molecule has 3 aliphatic rings. The zero-order chi connectivity index (χ0) is 30.2. The molecule has 0 aromatic heterocycles. The number of hydrogen-bond acceptors (Lipinski definition) is 7. The number of anilines is 1. The van der Waals surface area contributed by atoms with Crippen LogP contribution in [0.1, 0.15) is 77.5 Å². The minimum Gasteiger partial charge on any atom is -0.505 e. The third-order valence-corrected chi connectivity index (χ3v) is 10.1. The average molecular weight is 564 g/mol. The lowest BCUT2D eigenvalue weighted by atomic mass is 9.54. The molecule has 0 heterocycles. The van der Waals surface area contributed by atoms with Crippen LogP contribution in [-0.4, -0.2) is 44.7 Å². The number of phenols is 1. The van der Waals surface area contributed by atoms with Gasteiger partial charge in [-0.05, 0) is 67.4 Å². The Morgan fingerprint density at radius 2 is 1.76 bits per heavy atom. The number of phenolic OH excluding ortho intramolecular Hbond substituents is 1. The molecule has 2 fully saturated rings. The zero-order valence-corrected chi connectivity index (χ0v) is 24.7. The van der Waals surface area contributed by atoms with E-state index < -0.39 is 45.8 Å². The summed E-state index contributed by atoms with van der Waals surface area (Å²) in [5.74, 6) is -0.957. The summed E-state index contributed by atoms with van der Waals surface area (Å²) in [4.78, 5) is 25.4. The van der Waals surface area contributed by atoms with Gasteiger partial charge in [0.05, 0.1) is 5.69 Å². The second-order valence-corrected chi connectivity index (χ2v) is 13.6. The van der Waals surface area contributed by atoms with E-state index in [9.17, 15) is 24.9 Å². The number of nitrogens with one attached hydrogen (secondary N) is 1. The van der Waals surface area contributed by atoms with Crippen molar-refractivity contribution in [1.82, 2.24) is 0 Å². The van der Waals surface area contributed by atoms with Crippen LogP contribution in [0, 0.1) is 16.7 Å². The molecule has 0 radical (unpaired) electrons. The van der Waals surface area contributed by atoms with Crippen molar-refractivity contribution in [3.05, 3.63) is 65.7 Å². The lowest BCUT2D eigenvalue weighted by molar-refractivity contribution is -0.244. The Morgan fingerprint density at radius 1 is 1.07 bits per heavy atom. The van der Waals surface area contributed by atoms with Gasteiger partial charge in [0.15, 0.2) is 0 Å². The number of aliphatic hydroxyl groups is 2. The number of aryl methyl sites for hydroxylation is 1. The zero-order valence-electron chi connectivity index (χ0n) is 24.7. The molecule has 2 saturated carbocycles. The van der Waals surface area contributed by atoms with E-state index in [1.54, 1.807) is 39.0 Å². The molecular formula is C33H41NO7. The SMILES string of the molecule is C=C1CC2(O)C(O)(c3ccccc31)C1CC(OC(=O)CCc3cccc(NC(=O)OC(C)(C)C)c3O)C2(C)C1(C)C. The van der Waals surface area contributed by atoms with Gasteiger partial charge in [0.2, 0.25) is 0 Å². The van der Waals surface area contributed by atoms with Crippen LogP contribution >= 0.6 is 0 Å². The van der Waals surface area contributed by atoms with Gasteiger partial charge in [0, 0.05) is 24.2 Å². The second kappa shape index (κ2) is 9.33. The molecular weight excluding hydrogens is 522 g/mol. The number of carbonyl (C=O) groups excluding carboxylic acids is 2. The van der Waals surface area contributed by atoms with E-state index in [1.165, 1.54) is 0 Å². The molecule has 3 aliphatic carbocycles. The first-order chi connectivity index (χ1) is 19.0. The van der Waals surface area contributed by atoms with E-state index in [0.717, 1.165) is 11.1 Å². The molecule has 220 valence electrons. The van der Waals surface area contributed by atoms with Crippen molar-refractivity contribution in [3.63, 3.8) is 0 Å². The molecule has 41 heavy (non-hydrogen) atoms. The van der Waals surface area contributed by atoms with Crippen molar-refractivity contribution in [2.24, 2.45) is 16.7 Å². The predicted molar refractivity (Wildman–Crippen MR) is 155 cm³/mol. The maximum Gasteiger partial charge on any atom is 0.412 e. The number of benzene rings is 2. The molecule has 0 spiro atoms. The number of rotatable bonds is 5. The molecule has 0 saturated heterocycles. The van der Waals surface area contributed by atoms with Gasteiger partial charge in [-0.15, -0.1) is 0 Å². The lowest BCUT2D eigenvalue weighted by Crippen LogP contribution is -2.66. The fourth-order valence-electron chi connectivity index (χ4n) is 7.88. The minimum atomic E-state index is -1.58. The normalized spacial score (nSPS) is 31.3. The summed E-state index contributed by atoms with van der Waals surface area (Å²) in [5, 5.41) is 38.0. The molecule has 4 N–H and O–H groups in total. The van der Waals surface area contributed by atoms with E-state index in [4.69, 9.17) is 9.47 Å². The first-order valence-electron chi connectivity index (χ1n) is 14.2. The Morgan fingerprint density at radius 3 is 2.44 bits per heavy atom. The number of para-hydroxylation sites is 1. The number of aromatic hydroxyl groups is 1. The molecule has 8 nitrogen and oxygen atoms in total. The molecule has 0 aliphatic heterocycles. The predicted octanol–water partition coefficient (Wildman–Crippen LogP) is 5.69. The Hall–Kier alpha value is -3.36. The van der Waals surface area contributed by atoms with Gasteiger partial charge < -0.3 is 24.8 Å². The fraction of sp³-hybridized carbons (Fsp3) is 0.515. The van der Waals surface area contributed by atoms with Gasteiger partial charge in [-0.1, -0.05) is 63.7 Å². The topological polar surface area (TPSA) is 125 Å². The molecule has 1 amide bonds. The van der Waals surface area contributed by atoms with E-state index in [-0.39, 0.29) is 36.6 Å². The Bertz CT molecular complexity index is 1420. The van der Waals surface area contributed by atoms with Crippen molar-refractivity contribution in [1.29, 1.82) is 0 Å². The van der Waals surface area contributed by atoms with Crippen molar-refractivity contribution in [2.75, 3.05) is 5.32 Å². The van der Waals surface area contributed by atoms with E-state index in [0.29, 0.717) is 17.5 Å². The number of fused-ring (bicyclic) bond motifs is 7. The molecule has 2 bridgehead atoms. The Kier molecular flexibility index (Phi) is 6.63. The maximum atomic E-state index is 13.2. The van der Waals surface area contributed by atoms with Gasteiger partial charge in [-0.25, -0.2) is 4.79 Å². The van der Waals surface area contributed by atoms with Crippen molar-refractivity contribution in [2.45, 2.75) is 90.1 Å². The van der Waals surface area contributed by atoms with Crippen LogP contribution in [0.2, 0.25) is 0 Å². The Labute approximate surface area is 241 Å². The van der Waals surface area contributed by atoms with E-state index in [2.05, 4.69) is 11.9 Å². The minimum absolute atomic E-state index is 0.0145. The highest BCUT2D eigenvalue weighted by molar-refractivity contribution is 5.87.